The molecule has 0 saturated heterocycles. The first kappa shape index (κ1) is 12.7. The normalized spacial score (nSPS) is 15.3. The maximum Gasteiger partial charge on any atom is 0.0838 e. The minimum Gasteiger partial charge on any atom is -0.113 e. The maximum atomic E-state index is 6.71. The Balaban J connectivity index is 1.99. The van der Waals surface area contributed by atoms with Gasteiger partial charge in [0, 0.05) is 0 Å². The Bertz CT molecular complexity index is 613. The second-order valence-corrected chi connectivity index (χ2v) is 6.04. The van der Waals surface area contributed by atoms with E-state index in [-0.39, 0.29) is 5.38 Å². The van der Waals surface area contributed by atoms with E-state index in [1.54, 1.807) is 0 Å². The standard InChI is InChI=1S/C18H19Cl/c1-12-6-7-13(2)17(10-12)18(19)16-9-8-14-4-3-5-15(14)11-16/h6-11,18H,3-5H2,1-2H3. The predicted octanol–water partition coefficient (Wildman–Crippen LogP) is 5.12. The van der Waals surface area contributed by atoms with Gasteiger partial charge < -0.3 is 0 Å². The molecule has 0 amide bonds. The van der Waals surface area contributed by atoms with Crippen molar-refractivity contribution in [2.24, 2.45) is 0 Å². The minimum atomic E-state index is -0.0363. The van der Waals surface area contributed by atoms with Crippen LogP contribution < -0.4 is 0 Å². The molecule has 0 aliphatic heterocycles. The number of hydrogen-bond donors (Lipinski definition) is 0. The quantitative estimate of drug-likeness (QED) is 0.665. The molecule has 3 rings (SSSR count). The van der Waals surface area contributed by atoms with E-state index in [1.165, 1.54) is 52.6 Å². The Morgan fingerprint density at radius 3 is 2.58 bits per heavy atom. The summed E-state index contributed by atoms with van der Waals surface area (Å²) in [7, 11) is 0. The van der Waals surface area contributed by atoms with Crippen LogP contribution in [0.25, 0.3) is 0 Å². The summed E-state index contributed by atoms with van der Waals surface area (Å²) in [4.78, 5) is 0. The van der Waals surface area contributed by atoms with Crippen molar-refractivity contribution in [1.29, 1.82) is 0 Å². The van der Waals surface area contributed by atoms with Crippen LogP contribution in [0.15, 0.2) is 36.4 Å². The molecule has 1 heteroatoms. The SMILES string of the molecule is Cc1ccc(C)c(C(Cl)c2ccc3c(c2)CCC3)c1. The molecule has 0 nitrogen and oxygen atoms in total. The van der Waals surface area contributed by atoms with Gasteiger partial charge in [0.05, 0.1) is 5.38 Å². The summed E-state index contributed by atoms with van der Waals surface area (Å²) in [5.74, 6) is 0. The number of rotatable bonds is 2. The van der Waals surface area contributed by atoms with Crippen LogP contribution in [0, 0.1) is 13.8 Å². The lowest BCUT2D eigenvalue weighted by molar-refractivity contribution is 0.911. The number of halogens is 1. The van der Waals surface area contributed by atoms with Crippen molar-refractivity contribution in [2.45, 2.75) is 38.5 Å². The third-order valence-corrected chi connectivity index (χ3v) is 4.61. The van der Waals surface area contributed by atoms with E-state index in [0.29, 0.717) is 0 Å². The summed E-state index contributed by atoms with van der Waals surface area (Å²) < 4.78 is 0. The van der Waals surface area contributed by atoms with Crippen molar-refractivity contribution in [1.82, 2.24) is 0 Å². The molecule has 2 aromatic rings. The lowest BCUT2D eigenvalue weighted by Crippen LogP contribution is -1.98. The van der Waals surface area contributed by atoms with Gasteiger partial charge in [-0.05, 0) is 60.9 Å². The Hall–Kier alpha value is -1.27. The van der Waals surface area contributed by atoms with Crippen molar-refractivity contribution in [3.63, 3.8) is 0 Å². The van der Waals surface area contributed by atoms with E-state index in [1.807, 2.05) is 0 Å². The summed E-state index contributed by atoms with van der Waals surface area (Å²) in [5, 5.41) is -0.0363. The average Bonchev–Trinajstić information content (AvgIpc) is 2.88. The first-order valence-electron chi connectivity index (χ1n) is 6.98. The third kappa shape index (κ3) is 2.42. The van der Waals surface area contributed by atoms with E-state index in [2.05, 4.69) is 50.2 Å². The minimum absolute atomic E-state index is 0.0363. The fourth-order valence-corrected chi connectivity index (χ4v) is 3.33. The van der Waals surface area contributed by atoms with Crippen LogP contribution in [0.1, 0.15) is 45.2 Å². The van der Waals surface area contributed by atoms with Crippen LogP contribution in [0.4, 0.5) is 0 Å². The molecule has 98 valence electrons. The Labute approximate surface area is 120 Å². The zero-order chi connectivity index (χ0) is 13.4. The molecule has 1 aliphatic carbocycles. The van der Waals surface area contributed by atoms with E-state index < -0.39 is 0 Å². The van der Waals surface area contributed by atoms with Crippen LogP contribution in [0.3, 0.4) is 0 Å². The molecular weight excluding hydrogens is 252 g/mol. The Kier molecular flexibility index (Phi) is 3.36. The van der Waals surface area contributed by atoms with Crippen LogP contribution >= 0.6 is 11.6 Å². The van der Waals surface area contributed by atoms with Crippen molar-refractivity contribution in [2.75, 3.05) is 0 Å². The van der Waals surface area contributed by atoms with Crippen molar-refractivity contribution >= 4 is 11.6 Å². The van der Waals surface area contributed by atoms with Crippen LogP contribution in [0.5, 0.6) is 0 Å². The van der Waals surface area contributed by atoms with Crippen LogP contribution in [-0.4, -0.2) is 0 Å². The predicted molar refractivity (Wildman–Crippen MR) is 82.1 cm³/mol. The maximum absolute atomic E-state index is 6.71. The Morgan fingerprint density at radius 1 is 0.947 bits per heavy atom. The number of alkyl halides is 1. The van der Waals surface area contributed by atoms with E-state index >= 15 is 0 Å². The molecule has 0 spiro atoms. The smallest absolute Gasteiger partial charge is 0.0838 e. The molecule has 1 atom stereocenters. The topological polar surface area (TPSA) is 0 Å². The highest BCUT2D eigenvalue weighted by Gasteiger charge is 2.17. The first-order valence-corrected chi connectivity index (χ1v) is 7.42. The molecule has 19 heavy (non-hydrogen) atoms. The van der Waals surface area contributed by atoms with Gasteiger partial charge in [-0.3, -0.25) is 0 Å². The second kappa shape index (κ2) is 5.02. The summed E-state index contributed by atoms with van der Waals surface area (Å²) in [5.41, 5.74) is 8.01. The molecule has 1 aliphatic rings. The molecule has 0 radical (unpaired) electrons. The molecule has 0 aromatic heterocycles. The van der Waals surface area contributed by atoms with Gasteiger partial charge in [-0.25, -0.2) is 0 Å². The third-order valence-electron chi connectivity index (χ3n) is 4.12. The van der Waals surface area contributed by atoms with Gasteiger partial charge in [0.15, 0.2) is 0 Å². The molecule has 0 saturated carbocycles. The molecule has 0 N–H and O–H groups in total. The molecule has 0 bridgehead atoms. The van der Waals surface area contributed by atoms with Crippen molar-refractivity contribution in [3.8, 4) is 0 Å². The highest BCUT2D eigenvalue weighted by Crippen LogP contribution is 2.34. The van der Waals surface area contributed by atoms with Gasteiger partial charge in [-0.1, -0.05) is 42.0 Å². The fourth-order valence-electron chi connectivity index (χ4n) is 2.96. The molecule has 0 fully saturated rings. The lowest BCUT2D eigenvalue weighted by Gasteiger charge is -2.15. The van der Waals surface area contributed by atoms with E-state index in [4.69, 9.17) is 11.6 Å². The fraction of sp³-hybridized carbons (Fsp3) is 0.333. The number of aryl methyl sites for hydroxylation is 4. The summed E-state index contributed by atoms with van der Waals surface area (Å²) in [6.45, 7) is 4.26. The molecular formula is C18H19Cl. The monoisotopic (exact) mass is 270 g/mol. The van der Waals surface area contributed by atoms with Gasteiger partial charge in [0.2, 0.25) is 0 Å². The number of benzene rings is 2. The van der Waals surface area contributed by atoms with E-state index in [9.17, 15) is 0 Å². The van der Waals surface area contributed by atoms with Gasteiger partial charge >= 0.3 is 0 Å². The zero-order valence-corrected chi connectivity index (χ0v) is 12.3. The summed E-state index contributed by atoms with van der Waals surface area (Å²) in [6, 6.07) is 13.3. The van der Waals surface area contributed by atoms with Gasteiger partial charge in [0.25, 0.3) is 0 Å². The molecule has 2 aromatic carbocycles. The van der Waals surface area contributed by atoms with Gasteiger partial charge in [-0.15, -0.1) is 11.6 Å². The van der Waals surface area contributed by atoms with Crippen molar-refractivity contribution in [3.05, 3.63) is 69.8 Å². The first-order chi connectivity index (χ1) is 9.15. The van der Waals surface area contributed by atoms with Gasteiger partial charge in [0.1, 0.15) is 0 Å². The summed E-state index contributed by atoms with van der Waals surface area (Å²) in [6.07, 6.45) is 3.72. The van der Waals surface area contributed by atoms with Crippen LogP contribution in [0.2, 0.25) is 0 Å². The number of hydrogen-bond acceptors (Lipinski definition) is 0. The van der Waals surface area contributed by atoms with E-state index in [0.717, 1.165) is 0 Å². The highest BCUT2D eigenvalue weighted by molar-refractivity contribution is 6.22. The average molecular weight is 271 g/mol. The second-order valence-electron chi connectivity index (χ2n) is 5.60. The lowest BCUT2D eigenvalue weighted by atomic mass is 9.96. The number of fused-ring (bicyclic) bond motifs is 1. The molecule has 0 heterocycles. The highest BCUT2D eigenvalue weighted by atomic mass is 35.5. The van der Waals surface area contributed by atoms with Crippen LogP contribution in [-0.2, 0) is 12.8 Å². The largest absolute Gasteiger partial charge is 0.113 e. The molecule has 1 unspecified atom stereocenters. The van der Waals surface area contributed by atoms with Gasteiger partial charge in [-0.2, -0.15) is 0 Å². The zero-order valence-electron chi connectivity index (χ0n) is 11.5. The summed E-state index contributed by atoms with van der Waals surface area (Å²) >= 11 is 6.71. The van der Waals surface area contributed by atoms with Crippen molar-refractivity contribution < 1.29 is 0 Å². The Morgan fingerprint density at radius 2 is 1.74 bits per heavy atom.